The van der Waals surface area contributed by atoms with Crippen molar-refractivity contribution in [1.29, 1.82) is 0 Å². The molecule has 6 heteroatoms. The second-order valence-electron chi connectivity index (χ2n) is 10.0. The number of rotatable bonds is 5. The Bertz CT molecular complexity index is 1140. The van der Waals surface area contributed by atoms with Gasteiger partial charge in [-0.3, -0.25) is 14.4 Å². The Hall–Kier alpha value is -3.15. The van der Waals surface area contributed by atoms with E-state index in [9.17, 15) is 14.4 Å². The fourth-order valence-electron chi connectivity index (χ4n) is 6.18. The minimum atomic E-state index is -0.675. The molecule has 2 fully saturated rings. The molecule has 2 bridgehead atoms. The number of fused-ring (bicyclic) bond motifs is 5. The van der Waals surface area contributed by atoms with Gasteiger partial charge in [-0.05, 0) is 74.1 Å². The number of benzene rings is 2. The van der Waals surface area contributed by atoms with Crippen molar-refractivity contribution in [1.82, 2.24) is 5.32 Å². The van der Waals surface area contributed by atoms with Crippen LogP contribution in [0.5, 0.6) is 0 Å². The van der Waals surface area contributed by atoms with E-state index < -0.39 is 6.04 Å². The lowest BCUT2D eigenvalue weighted by Crippen LogP contribution is -2.40. The van der Waals surface area contributed by atoms with Crippen LogP contribution in [0.1, 0.15) is 67.8 Å². The smallest absolute Gasteiger partial charge is 0.231 e. The van der Waals surface area contributed by atoms with Crippen molar-refractivity contribution in [3.63, 3.8) is 0 Å². The number of Topliss-reactive ketones (excluding diaryl/α,β-unsaturated/α-hetero) is 1. The average Bonchev–Trinajstić information content (AvgIpc) is 3.39. The maximum absolute atomic E-state index is 13.3. The van der Waals surface area contributed by atoms with Crippen molar-refractivity contribution in [2.75, 3.05) is 11.1 Å². The van der Waals surface area contributed by atoms with Gasteiger partial charge in [0.15, 0.2) is 5.78 Å². The molecule has 0 radical (unpaired) electrons. The Kier molecular flexibility index (Phi) is 5.47. The van der Waals surface area contributed by atoms with E-state index in [1.54, 1.807) is 19.1 Å². The molecule has 33 heavy (non-hydrogen) atoms. The highest BCUT2D eigenvalue weighted by molar-refractivity contribution is 6.12. The number of hydrogen-bond donors (Lipinski definition) is 3. The molecule has 3 aliphatic rings. The normalized spacial score (nSPS) is 26.1. The van der Waals surface area contributed by atoms with Gasteiger partial charge in [-0.2, -0.15) is 0 Å². The number of nitrogens with one attached hydrogen (secondary N) is 2. The molecule has 2 aromatic rings. The zero-order chi connectivity index (χ0) is 23.3. The first-order chi connectivity index (χ1) is 15.8. The quantitative estimate of drug-likeness (QED) is 0.466. The van der Waals surface area contributed by atoms with Gasteiger partial charge in [0.1, 0.15) is 0 Å². The molecule has 4 unspecified atom stereocenters. The molecular weight excluding hydrogens is 414 g/mol. The standard InChI is InChI=1S/C27H31N3O3/c1-14-19-5-3-4-6-20(19)24-22(30-27(14)33)10-9-21(25(24)28)26(32)15(2)29-23(31)13-18-12-16-7-8-17(18)11-16/h3-6,9-10,14-18H,7-8,11-13,28H2,1-2H3,(H,29,31)(H,30,33)/t14?,15-,16?,17?,18?/m0/s1. The number of anilines is 2. The summed E-state index contributed by atoms with van der Waals surface area (Å²) in [6.07, 6.45) is 5.43. The molecule has 0 spiro atoms. The van der Waals surface area contributed by atoms with Gasteiger partial charge in [-0.1, -0.05) is 30.7 Å². The van der Waals surface area contributed by atoms with Crippen LogP contribution in [0.15, 0.2) is 36.4 Å². The van der Waals surface area contributed by atoms with Crippen LogP contribution >= 0.6 is 0 Å². The summed E-state index contributed by atoms with van der Waals surface area (Å²) < 4.78 is 0. The van der Waals surface area contributed by atoms with Crippen molar-refractivity contribution in [2.24, 2.45) is 17.8 Å². The molecule has 5 rings (SSSR count). The fraction of sp³-hybridized carbons (Fsp3) is 0.444. The zero-order valence-electron chi connectivity index (χ0n) is 19.2. The lowest BCUT2D eigenvalue weighted by Gasteiger charge is -2.22. The second-order valence-corrected chi connectivity index (χ2v) is 10.0. The zero-order valence-corrected chi connectivity index (χ0v) is 19.2. The van der Waals surface area contributed by atoms with Crippen LogP contribution in [0, 0.1) is 17.8 Å². The number of hydrogen-bond acceptors (Lipinski definition) is 4. The summed E-state index contributed by atoms with van der Waals surface area (Å²) in [5, 5.41) is 5.84. The maximum atomic E-state index is 13.3. The molecule has 0 saturated heterocycles. The number of carbonyl (C=O) groups excluding carboxylic acids is 3. The highest BCUT2D eigenvalue weighted by Crippen LogP contribution is 2.49. The molecule has 5 atom stereocenters. The molecular formula is C27H31N3O3. The Balaban J connectivity index is 1.38. The molecule has 2 aromatic carbocycles. The highest BCUT2D eigenvalue weighted by atomic mass is 16.2. The number of amides is 2. The Morgan fingerprint density at radius 1 is 1.15 bits per heavy atom. The van der Waals surface area contributed by atoms with Gasteiger partial charge in [0, 0.05) is 17.5 Å². The minimum Gasteiger partial charge on any atom is -0.398 e. The lowest BCUT2D eigenvalue weighted by atomic mass is 9.86. The fourth-order valence-corrected chi connectivity index (χ4v) is 6.18. The Morgan fingerprint density at radius 2 is 1.94 bits per heavy atom. The SMILES string of the molecule is CC1C(=O)Nc2ccc(C(=O)[C@H](C)NC(=O)CC3CC4CCC3C4)c(N)c2-c2ccccc21. The third kappa shape index (κ3) is 3.81. The van der Waals surface area contributed by atoms with E-state index >= 15 is 0 Å². The first-order valence-corrected chi connectivity index (χ1v) is 12.0. The third-order valence-electron chi connectivity index (χ3n) is 7.96. The van der Waals surface area contributed by atoms with Crippen LogP contribution in [0.3, 0.4) is 0 Å². The van der Waals surface area contributed by atoms with Gasteiger partial charge in [-0.15, -0.1) is 0 Å². The highest BCUT2D eigenvalue weighted by Gasteiger charge is 2.40. The van der Waals surface area contributed by atoms with Gasteiger partial charge in [0.05, 0.1) is 23.3 Å². The van der Waals surface area contributed by atoms with Crippen molar-refractivity contribution >= 4 is 29.0 Å². The van der Waals surface area contributed by atoms with Crippen LogP contribution in [0.2, 0.25) is 0 Å². The van der Waals surface area contributed by atoms with Crippen molar-refractivity contribution < 1.29 is 14.4 Å². The Morgan fingerprint density at radius 3 is 2.67 bits per heavy atom. The molecule has 1 heterocycles. The first-order valence-electron chi connectivity index (χ1n) is 12.0. The summed E-state index contributed by atoms with van der Waals surface area (Å²) in [4.78, 5) is 38.6. The summed E-state index contributed by atoms with van der Waals surface area (Å²) >= 11 is 0. The lowest BCUT2D eigenvalue weighted by molar-refractivity contribution is -0.122. The van der Waals surface area contributed by atoms with E-state index in [-0.39, 0.29) is 23.5 Å². The predicted molar refractivity (Wildman–Crippen MR) is 129 cm³/mol. The first kappa shape index (κ1) is 21.7. The van der Waals surface area contributed by atoms with E-state index in [2.05, 4.69) is 10.6 Å². The number of ketones is 1. The van der Waals surface area contributed by atoms with Gasteiger partial charge < -0.3 is 16.4 Å². The summed E-state index contributed by atoms with van der Waals surface area (Å²) in [7, 11) is 0. The summed E-state index contributed by atoms with van der Waals surface area (Å²) in [6, 6.07) is 10.3. The van der Waals surface area contributed by atoms with E-state index in [1.807, 2.05) is 31.2 Å². The van der Waals surface area contributed by atoms with Crippen LogP contribution in [0.4, 0.5) is 11.4 Å². The third-order valence-corrected chi connectivity index (χ3v) is 7.96. The summed E-state index contributed by atoms with van der Waals surface area (Å²) in [5.41, 5.74) is 10.2. The van der Waals surface area contributed by atoms with Crippen molar-refractivity contribution in [3.8, 4) is 11.1 Å². The second kappa shape index (κ2) is 8.32. The molecule has 2 saturated carbocycles. The topological polar surface area (TPSA) is 101 Å². The molecule has 0 aromatic heterocycles. The summed E-state index contributed by atoms with van der Waals surface area (Å²) in [5.74, 6) is 1.18. The van der Waals surface area contributed by atoms with Crippen LogP contribution in [-0.4, -0.2) is 23.6 Å². The van der Waals surface area contributed by atoms with E-state index in [0.29, 0.717) is 40.8 Å². The molecule has 4 N–H and O–H groups in total. The van der Waals surface area contributed by atoms with Crippen molar-refractivity contribution in [3.05, 3.63) is 47.5 Å². The van der Waals surface area contributed by atoms with E-state index in [0.717, 1.165) is 23.5 Å². The number of nitrogen functional groups attached to an aromatic ring is 1. The average molecular weight is 446 g/mol. The van der Waals surface area contributed by atoms with Crippen LogP contribution in [0.25, 0.3) is 11.1 Å². The number of nitrogens with two attached hydrogens (primary N) is 1. The molecule has 2 amide bonds. The van der Waals surface area contributed by atoms with Gasteiger partial charge in [-0.25, -0.2) is 0 Å². The molecule has 6 nitrogen and oxygen atoms in total. The van der Waals surface area contributed by atoms with Gasteiger partial charge >= 0.3 is 0 Å². The van der Waals surface area contributed by atoms with E-state index in [4.69, 9.17) is 5.73 Å². The maximum Gasteiger partial charge on any atom is 0.231 e. The minimum absolute atomic E-state index is 0.0619. The molecule has 1 aliphatic heterocycles. The van der Waals surface area contributed by atoms with Crippen LogP contribution in [-0.2, 0) is 9.59 Å². The summed E-state index contributed by atoms with van der Waals surface area (Å²) in [6.45, 7) is 3.57. The van der Waals surface area contributed by atoms with E-state index in [1.165, 1.54) is 19.3 Å². The van der Waals surface area contributed by atoms with Crippen molar-refractivity contribution in [2.45, 2.75) is 57.9 Å². The monoisotopic (exact) mass is 445 g/mol. The molecule has 172 valence electrons. The molecule has 2 aliphatic carbocycles. The predicted octanol–water partition coefficient (Wildman–Crippen LogP) is 4.51. The van der Waals surface area contributed by atoms with Gasteiger partial charge in [0.25, 0.3) is 0 Å². The van der Waals surface area contributed by atoms with Gasteiger partial charge in [0.2, 0.25) is 11.8 Å². The Labute approximate surface area is 194 Å². The van der Waals surface area contributed by atoms with Crippen LogP contribution < -0.4 is 16.4 Å². The number of carbonyl (C=O) groups is 3. The largest absolute Gasteiger partial charge is 0.398 e.